The van der Waals surface area contributed by atoms with Gasteiger partial charge in [-0.3, -0.25) is 0 Å². The van der Waals surface area contributed by atoms with Crippen molar-refractivity contribution in [1.82, 2.24) is 0 Å². The smallest absolute Gasteiger partial charge is 0.478 e. The number of rotatable bonds is 9. The molecular formula is C19H20F3NO6S. The molecule has 164 valence electrons. The van der Waals surface area contributed by atoms with Crippen molar-refractivity contribution in [3.63, 3.8) is 0 Å². The zero-order chi connectivity index (χ0) is 22.5. The molecule has 0 atom stereocenters. The SMILES string of the molecule is CCCCNc1cc(C(=O)O)cc(S(C)(=O)=O)c1Oc1ccc(OC(F)(F)F)cc1. The van der Waals surface area contributed by atoms with Crippen LogP contribution < -0.4 is 14.8 Å². The van der Waals surface area contributed by atoms with Crippen LogP contribution in [0.1, 0.15) is 30.1 Å². The van der Waals surface area contributed by atoms with Gasteiger partial charge in [0, 0.05) is 12.8 Å². The van der Waals surface area contributed by atoms with Crippen LogP contribution in [0, 0.1) is 0 Å². The summed E-state index contributed by atoms with van der Waals surface area (Å²) in [7, 11) is -3.90. The molecule has 0 aliphatic rings. The number of aromatic carboxylic acids is 1. The minimum Gasteiger partial charge on any atom is -0.478 e. The highest BCUT2D eigenvalue weighted by molar-refractivity contribution is 7.90. The number of hydrogen-bond donors (Lipinski definition) is 2. The third-order valence-corrected chi connectivity index (χ3v) is 4.93. The van der Waals surface area contributed by atoms with Gasteiger partial charge in [0.2, 0.25) is 0 Å². The number of benzene rings is 2. The summed E-state index contributed by atoms with van der Waals surface area (Å²) < 4.78 is 70.9. The minimum atomic E-state index is -4.85. The number of alkyl halides is 3. The van der Waals surface area contributed by atoms with E-state index < -0.39 is 27.9 Å². The number of ether oxygens (including phenoxy) is 2. The molecule has 0 heterocycles. The molecule has 2 aromatic rings. The van der Waals surface area contributed by atoms with Gasteiger partial charge < -0.3 is 19.9 Å². The lowest BCUT2D eigenvalue weighted by molar-refractivity contribution is -0.274. The Kier molecular flexibility index (Phi) is 7.19. The number of halogens is 3. The summed E-state index contributed by atoms with van der Waals surface area (Å²) in [6.07, 6.45) is -2.39. The van der Waals surface area contributed by atoms with E-state index in [-0.39, 0.29) is 27.6 Å². The van der Waals surface area contributed by atoms with Gasteiger partial charge >= 0.3 is 12.3 Å². The molecule has 0 fully saturated rings. The predicted molar refractivity (Wildman–Crippen MR) is 103 cm³/mol. The number of hydrogen-bond acceptors (Lipinski definition) is 6. The molecule has 2 rings (SSSR count). The summed E-state index contributed by atoms with van der Waals surface area (Å²) in [6, 6.07) is 6.59. The Morgan fingerprint density at radius 3 is 2.23 bits per heavy atom. The topological polar surface area (TPSA) is 102 Å². The average molecular weight is 447 g/mol. The maximum Gasteiger partial charge on any atom is 0.573 e. The summed E-state index contributed by atoms with van der Waals surface area (Å²) in [4.78, 5) is 11.1. The molecule has 0 amide bonds. The van der Waals surface area contributed by atoms with E-state index in [0.29, 0.717) is 6.54 Å². The standard InChI is InChI=1S/C19H20F3NO6S/c1-3-4-9-23-15-10-12(18(24)25)11-16(30(2,26)27)17(15)28-13-5-7-14(8-6-13)29-19(20,21)22/h5-8,10-11,23H,3-4,9H2,1-2H3,(H,24,25). The molecule has 0 unspecified atom stereocenters. The van der Waals surface area contributed by atoms with E-state index >= 15 is 0 Å². The van der Waals surface area contributed by atoms with Crippen LogP contribution in [0.25, 0.3) is 0 Å². The molecule has 0 aliphatic heterocycles. The molecule has 0 saturated heterocycles. The summed E-state index contributed by atoms with van der Waals surface area (Å²) in [5.41, 5.74) is -0.116. The lowest BCUT2D eigenvalue weighted by Gasteiger charge is -2.17. The van der Waals surface area contributed by atoms with Crippen LogP contribution in [0.3, 0.4) is 0 Å². The van der Waals surface area contributed by atoms with E-state index in [1.165, 1.54) is 18.2 Å². The molecule has 0 radical (unpaired) electrons. The summed E-state index contributed by atoms with van der Waals surface area (Å²) in [6.45, 7) is 2.37. The van der Waals surface area contributed by atoms with Crippen LogP contribution in [-0.4, -0.2) is 38.7 Å². The van der Waals surface area contributed by atoms with Gasteiger partial charge in [-0.1, -0.05) is 13.3 Å². The monoisotopic (exact) mass is 447 g/mol. The largest absolute Gasteiger partial charge is 0.573 e. The first kappa shape index (κ1) is 23.3. The highest BCUT2D eigenvalue weighted by Crippen LogP contribution is 2.38. The Labute approximate surface area is 171 Å². The molecule has 0 bridgehead atoms. The van der Waals surface area contributed by atoms with Gasteiger partial charge in [0.25, 0.3) is 0 Å². The van der Waals surface area contributed by atoms with Crippen molar-refractivity contribution >= 4 is 21.5 Å². The molecular weight excluding hydrogens is 427 g/mol. The first-order valence-electron chi connectivity index (χ1n) is 8.79. The Morgan fingerprint density at radius 2 is 1.73 bits per heavy atom. The van der Waals surface area contributed by atoms with Crippen molar-refractivity contribution in [1.29, 1.82) is 0 Å². The zero-order valence-corrected chi connectivity index (χ0v) is 16.9. The van der Waals surface area contributed by atoms with Gasteiger partial charge in [-0.2, -0.15) is 0 Å². The van der Waals surface area contributed by atoms with Crippen molar-refractivity contribution in [3.05, 3.63) is 42.0 Å². The van der Waals surface area contributed by atoms with Crippen LogP contribution in [0.4, 0.5) is 18.9 Å². The first-order chi connectivity index (χ1) is 13.9. The Morgan fingerprint density at radius 1 is 1.13 bits per heavy atom. The maximum absolute atomic E-state index is 12.3. The molecule has 7 nitrogen and oxygen atoms in total. The van der Waals surface area contributed by atoms with Crippen LogP contribution in [0.2, 0.25) is 0 Å². The van der Waals surface area contributed by atoms with E-state index in [4.69, 9.17) is 4.74 Å². The van der Waals surface area contributed by atoms with Crippen LogP contribution >= 0.6 is 0 Å². The third-order valence-electron chi connectivity index (χ3n) is 3.82. The number of nitrogens with one attached hydrogen (secondary N) is 1. The van der Waals surface area contributed by atoms with Crippen LogP contribution in [0.5, 0.6) is 17.2 Å². The van der Waals surface area contributed by atoms with Crippen molar-refractivity contribution in [2.24, 2.45) is 0 Å². The van der Waals surface area contributed by atoms with Crippen molar-refractivity contribution < 1.29 is 41.0 Å². The zero-order valence-electron chi connectivity index (χ0n) is 16.1. The van der Waals surface area contributed by atoms with Crippen molar-refractivity contribution in [3.8, 4) is 17.2 Å². The Hall–Kier alpha value is -2.95. The van der Waals surface area contributed by atoms with Gasteiger partial charge in [0.1, 0.15) is 16.4 Å². The second kappa shape index (κ2) is 9.24. The van der Waals surface area contributed by atoms with E-state index in [9.17, 15) is 31.5 Å². The van der Waals surface area contributed by atoms with Gasteiger partial charge in [-0.05, 0) is 42.8 Å². The van der Waals surface area contributed by atoms with Gasteiger partial charge in [0.15, 0.2) is 15.6 Å². The normalized spacial score (nSPS) is 11.8. The number of carboxylic acid groups (broad SMARTS) is 1. The predicted octanol–water partition coefficient (Wildman–Crippen LogP) is 4.69. The Balaban J connectivity index is 2.48. The molecule has 0 spiro atoms. The van der Waals surface area contributed by atoms with Crippen molar-refractivity contribution in [2.45, 2.75) is 31.0 Å². The molecule has 2 aromatic carbocycles. The van der Waals surface area contributed by atoms with Gasteiger partial charge in [0.05, 0.1) is 11.3 Å². The lowest BCUT2D eigenvalue weighted by Crippen LogP contribution is -2.16. The maximum atomic E-state index is 12.3. The molecule has 0 aliphatic carbocycles. The Bertz CT molecular complexity index is 1000. The second-order valence-corrected chi connectivity index (χ2v) is 8.31. The van der Waals surface area contributed by atoms with E-state index in [2.05, 4.69) is 10.1 Å². The highest BCUT2D eigenvalue weighted by Gasteiger charge is 2.31. The molecule has 11 heteroatoms. The highest BCUT2D eigenvalue weighted by atomic mass is 32.2. The molecule has 0 saturated carbocycles. The quantitative estimate of drug-likeness (QED) is 0.538. The van der Waals surface area contributed by atoms with Crippen LogP contribution in [-0.2, 0) is 9.84 Å². The summed E-state index contributed by atoms with van der Waals surface area (Å²) >= 11 is 0. The molecule has 2 N–H and O–H groups in total. The first-order valence-corrected chi connectivity index (χ1v) is 10.7. The van der Waals surface area contributed by atoms with E-state index in [1.54, 1.807) is 0 Å². The van der Waals surface area contributed by atoms with Crippen LogP contribution in [0.15, 0.2) is 41.3 Å². The number of unbranched alkanes of at least 4 members (excludes halogenated alkanes) is 1. The summed E-state index contributed by atoms with van der Waals surface area (Å²) in [5.74, 6) is -1.90. The van der Waals surface area contributed by atoms with E-state index in [1.807, 2.05) is 6.92 Å². The minimum absolute atomic E-state index is 0.0380. The fourth-order valence-electron chi connectivity index (χ4n) is 2.46. The third kappa shape index (κ3) is 6.55. The second-order valence-electron chi connectivity index (χ2n) is 6.33. The van der Waals surface area contributed by atoms with Gasteiger partial charge in [-0.15, -0.1) is 13.2 Å². The molecule has 30 heavy (non-hydrogen) atoms. The fraction of sp³-hybridized carbons (Fsp3) is 0.316. The average Bonchev–Trinajstić information content (AvgIpc) is 2.62. The number of carboxylic acids is 1. The lowest BCUT2D eigenvalue weighted by atomic mass is 10.1. The fourth-order valence-corrected chi connectivity index (χ4v) is 3.29. The van der Waals surface area contributed by atoms with Gasteiger partial charge in [-0.25, -0.2) is 13.2 Å². The molecule has 0 aromatic heterocycles. The number of carbonyl (C=O) groups is 1. The summed E-state index contributed by atoms with van der Waals surface area (Å²) in [5, 5.41) is 12.3. The number of sulfone groups is 1. The van der Waals surface area contributed by atoms with E-state index in [0.717, 1.165) is 37.3 Å². The number of anilines is 1. The van der Waals surface area contributed by atoms with Crippen molar-refractivity contribution in [2.75, 3.05) is 18.1 Å².